The lowest BCUT2D eigenvalue weighted by Crippen LogP contribution is -2.82. The maximum absolute atomic E-state index is 9.69. The molecule has 21 heavy (non-hydrogen) atoms. The molecule has 0 aromatic carbocycles. The molecule has 1 aliphatic carbocycles. The summed E-state index contributed by atoms with van der Waals surface area (Å²) in [6.45, 7) is 0. The van der Waals surface area contributed by atoms with E-state index < -0.39 is 22.9 Å². The minimum absolute atomic E-state index is 0.644. The van der Waals surface area contributed by atoms with Gasteiger partial charge in [0, 0.05) is 33.3 Å². The summed E-state index contributed by atoms with van der Waals surface area (Å²) in [5.74, 6) is -3.66. The van der Waals surface area contributed by atoms with Gasteiger partial charge in [-0.05, 0) is 11.4 Å². The van der Waals surface area contributed by atoms with Crippen LogP contribution in [0.4, 0.5) is 0 Å². The zero-order valence-electron chi connectivity index (χ0n) is 12.2. The second-order valence-corrected chi connectivity index (χ2v) is 5.56. The lowest BCUT2D eigenvalue weighted by molar-refractivity contribution is -0.480. The van der Waals surface area contributed by atoms with Crippen LogP contribution in [0, 0.1) is 28.1 Å². The Morgan fingerprint density at radius 1 is 1.05 bits per heavy atom. The third-order valence-corrected chi connectivity index (χ3v) is 5.09. The van der Waals surface area contributed by atoms with Crippen LogP contribution in [0.3, 0.4) is 0 Å². The van der Waals surface area contributed by atoms with Crippen LogP contribution >= 0.6 is 11.3 Å². The number of nitriles is 2. The molecule has 6 nitrogen and oxygen atoms in total. The zero-order chi connectivity index (χ0) is 15.7. The Morgan fingerprint density at radius 2 is 1.62 bits per heavy atom. The minimum atomic E-state index is -1.64. The quantitative estimate of drug-likeness (QED) is 0.772. The van der Waals surface area contributed by atoms with E-state index in [4.69, 9.17) is 18.9 Å². The fraction of sp³-hybridized carbons (Fsp3) is 0.571. The number of nitrogens with zero attached hydrogens (tertiary/aromatic N) is 2. The van der Waals surface area contributed by atoms with E-state index in [0.717, 1.165) is 4.88 Å². The van der Waals surface area contributed by atoms with Crippen molar-refractivity contribution >= 4 is 11.3 Å². The van der Waals surface area contributed by atoms with Crippen molar-refractivity contribution in [3.63, 3.8) is 0 Å². The molecule has 1 heterocycles. The summed E-state index contributed by atoms with van der Waals surface area (Å²) in [6, 6.07) is 7.79. The van der Waals surface area contributed by atoms with Gasteiger partial charge in [0.25, 0.3) is 5.79 Å². The molecule has 0 N–H and O–H groups in total. The van der Waals surface area contributed by atoms with E-state index in [0.29, 0.717) is 0 Å². The van der Waals surface area contributed by atoms with Gasteiger partial charge in [-0.1, -0.05) is 6.07 Å². The van der Waals surface area contributed by atoms with E-state index in [1.807, 2.05) is 17.5 Å². The molecule has 0 amide bonds. The Kier molecular flexibility index (Phi) is 4.07. The van der Waals surface area contributed by atoms with Crippen molar-refractivity contribution in [1.29, 1.82) is 10.5 Å². The lowest BCUT2D eigenvalue weighted by atomic mass is 9.51. The molecule has 0 aliphatic heterocycles. The fourth-order valence-electron chi connectivity index (χ4n) is 3.30. The Hall–Kier alpha value is -1.48. The first-order valence-corrected chi connectivity index (χ1v) is 7.04. The van der Waals surface area contributed by atoms with Crippen LogP contribution in [0.1, 0.15) is 10.8 Å². The Morgan fingerprint density at radius 3 is 1.95 bits per heavy atom. The smallest absolute Gasteiger partial charge is 0.257 e. The summed E-state index contributed by atoms with van der Waals surface area (Å²) < 4.78 is 22.0. The molecule has 2 rings (SSSR count). The molecule has 0 spiro atoms. The molecule has 0 bridgehead atoms. The first kappa shape index (κ1) is 15.9. The van der Waals surface area contributed by atoms with E-state index in [1.54, 1.807) is 0 Å². The molecule has 1 aliphatic rings. The highest BCUT2D eigenvalue weighted by atomic mass is 32.1. The predicted octanol–water partition coefficient (Wildman–Crippen LogP) is 1.86. The van der Waals surface area contributed by atoms with E-state index in [9.17, 15) is 10.5 Å². The molecular formula is C14H16N2O4S. The molecule has 1 aromatic rings. The lowest BCUT2D eigenvalue weighted by Gasteiger charge is -2.64. The zero-order valence-corrected chi connectivity index (χ0v) is 13.1. The van der Waals surface area contributed by atoms with Crippen molar-refractivity contribution in [3.8, 4) is 12.1 Å². The van der Waals surface area contributed by atoms with Gasteiger partial charge in [-0.15, -0.1) is 11.3 Å². The molecule has 1 unspecified atom stereocenters. The third kappa shape index (κ3) is 1.53. The SMILES string of the molecule is COC1(OC)C(c2cccs2)C(C#N)(C#N)C1(OC)OC. The standard InChI is InChI=1S/C14H16N2O4S/c1-17-13(18-2)11(10-6-5-7-21-10)12(8-15,9-16)14(13,19-3)20-4/h5-7,11H,1-4H3. The molecule has 1 saturated carbocycles. The largest absolute Gasteiger partial charge is 0.348 e. The summed E-state index contributed by atoms with van der Waals surface area (Å²) in [4.78, 5) is 0.798. The monoisotopic (exact) mass is 308 g/mol. The van der Waals surface area contributed by atoms with Crippen molar-refractivity contribution in [2.24, 2.45) is 5.41 Å². The number of ether oxygens (including phenoxy) is 4. The van der Waals surface area contributed by atoms with Gasteiger partial charge in [-0.3, -0.25) is 0 Å². The van der Waals surface area contributed by atoms with E-state index >= 15 is 0 Å². The van der Waals surface area contributed by atoms with Crippen LogP contribution in [0.2, 0.25) is 0 Å². The van der Waals surface area contributed by atoms with Gasteiger partial charge in [0.1, 0.15) is 0 Å². The van der Waals surface area contributed by atoms with E-state index in [-0.39, 0.29) is 0 Å². The van der Waals surface area contributed by atoms with Gasteiger partial charge in [-0.2, -0.15) is 10.5 Å². The number of methoxy groups -OCH3 is 4. The van der Waals surface area contributed by atoms with E-state index in [2.05, 4.69) is 12.1 Å². The van der Waals surface area contributed by atoms with Crippen LogP contribution in [-0.4, -0.2) is 40.0 Å². The average molecular weight is 308 g/mol. The fourth-order valence-corrected chi connectivity index (χ4v) is 4.24. The average Bonchev–Trinajstić information content (AvgIpc) is 3.03. The summed E-state index contributed by atoms with van der Waals surface area (Å²) >= 11 is 1.42. The molecule has 1 atom stereocenters. The van der Waals surface area contributed by atoms with Gasteiger partial charge in [0.15, 0.2) is 0 Å². The molecule has 1 aromatic heterocycles. The number of hydrogen-bond donors (Lipinski definition) is 0. The van der Waals surface area contributed by atoms with Crippen molar-refractivity contribution in [2.45, 2.75) is 17.5 Å². The topological polar surface area (TPSA) is 84.5 Å². The normalized spacial score (nSPS) is 24.6. The summed E-state index contributed by atoms with van der Waals surface area (Å²) in [5.41, 5.74) is -1.58. The molecular weight excluding hydrogens is 292 g/mol. The summed E-state index contributed by atoms with van der Waals surface area (Å²) in [7, 11) is 5.61. The van der Waals surface area contributed by atoms with Gasteiger partial charge in [0.2, 0.25) is 11.2 Å². The second kappa shape index (κ2) is 5.38. The van der Waals surface area contributed by atoms with Gasteiger partial charge < -0.3 is 18.9 Å². The molecule has 7 heteroatoms. The van der Waals surface area contributed by atoms with Crippen LogP contribution < -0.4 is 0 Å². The Balaban J connectivity index is 2.73. The maximum Gasteiger partial charge on any atom is 0.257 e. The minimum Gasteiger partial charge on any atom is -0.348 e. The van der Waals surface area contributed by atoms with Crippen LogP contribution in [0.5, 0.6) is 0 Å². The summed E-state index contributed by atoms with van der Waals surface area (Å²) in [6.07, 6.45) is 0. The van der Waals surface area contributed by atoms with Gasteiger partial charge in [-0.25, -0.2) is 0 Å². The first-order valence-electron chi connectivity index (χ1n) is 6.16. The molecule has 1 fully saturated rings. The van der Waals surface area contributed by atoms with E-state index in [1.165, 1.54) is 39.8 Å². The van der Waals surface area contributed by atoms with Crippen LogP contribution in [-0.2, 0) is 18.9 Å². The van der Waals surface area contributed by atoms with Crippen molar-refractivity contribution in [1.82, 2.24) is 0 Å². The first-order chi connectivity index (χ1) is 10.1. The maximum atomic E-state index is 9.69. The van der Waals surface area contributed by atoms with Crippen LogP contribution in [0.25, 0.3) is 0 Å². The Labute approximate surface area is 127 Å². The second-order valence-electron chi connectivity index (χ2n) is 4.58. The predicted molar refractivity (Wildman–Crippen MR) is 74.2 cm³/mol. The highest BCUT2D eigenvalue weighted by Crippen LogP contribution is 2.69. The van der Waals surface area contributed by atoms with Crippen LogP contribution in [0.15, 0.2) is 17.5 Å². The van der Waals surface area contributed by atoms with Crippen molar-refractivity contribution in [3.05, 3.63) is 22.4 Å². The molecule has 0 saturated heterocycles. The third-order valence-electron chi connectivity index (χ3n) is 4.15. The van der Waals surface area contributed by atoms with Gasteiger partial charge in [0.05, 0.1) is 18.1 Å². The number of hydrogen-bond acceptors (Lipinski definition) is 7. The highest BCUT2D eigenvalue weighted by molar-refractivity contribution is 7.10. The number of thiophene rings is 1. The summed E-state index contributed by atoms with van der Waals surface area (Å²) in [5, 5.41) is 21.2. The highest BCUT2D eigenvalue weighted by Gasteiger charge is 2.87. The molecule has 112 valence electrons. The Bertz CT molecular complexity index is 565. The number of rotatable bonds is 5. The van der Waals surface area contributed by atoms with Crippen molar-refractivity contribution < 1.29 is 18.9 Å². The van der Waals surface area contributed by atoms with Gasteiger partial charge >= 0.3 is 0 Å². The molecule has 0 radical (unpaired) electrons. The van der Waals surface area contributed by atoms with Crippen molar-refractivity contribution in [2.75, 3.05) is 28.4 Å².